The van der Waals surface area contributed by atoms with Crippen LogP contribution in [0.5, 0.6) is 0 Å². The van der Waals surface area contributed by atoms with Crippen molar-refractivity contribution in [3.05, 3.63) is 17.0 Å². The predicted octanol–water partition coefficient (Wildman–Crippen LogP) is 2.58. The van der Waals surface area contributed by atoms with E-state index >= 15 is 0 Å². The van der Waals surface area contributed by atoms with Gasteiger partial charge in [-0.25, -0.2) is 0 Å². The van der Waals surface area contributed by atoms with Gasteiger partial charge in [0, 0.05) is 39.0 Å². The van der Waals surface area contributed by atoms with E-state index in [0.29, 0.717) is 5.92 Å². The van der Waals surface area contributed by atoms with Crippen LogP contribution < -0.4 is 10.6 Å². The molecule has 1 aromatic heterocycles. The summed E-state index contributed by atoms with van der Waals surface area (Å²) in [5.74, 6) is 1.36. The molecule has 6 heteroatoms. The number of nitrogens with one attached hydrogen (secondary N) is 2. The molecule has 0 saturated heterocycles. The highest BCUT2D eigenvalue weighted by atomic mass is 16.5. The zero-order chi connectivity index (χ0) is 19.0. The van der Waals surface area contributed by atoms with Crippen LogP contribution in [-0.2, 0) is 18.2 Å². The summed E-state index contributed by atoms with van der Waals surface area (Å²) >= 11 is 0. The molecule has 0 aromatic carbocycles. The van der Waals surface area contributed by atoms with Gasteiger partial charge in [-0.15, -0.1) is 0 Å². The molecule has 1 heterocycles. The standard InChI is InChI=1S/C19H37N5O/c1-9-25-18(13(2)3)10-11-21-19(20-7)22-14(4)12-17-15(5)23-24(8)16(17)6/h13-14,18H,9-12H2,1-8H3,(H2,20,21,22). The van der Waals surface area contributed by atoms with E-state index in [1.165, 1.54) is 11.3 Å². The number of hydrogen-bond donors (Lipinski definition) is 2. The Morgan fingerprint density at radius 2 is 1.96 bits per heavy atom. The summed E-state index contributed by atoms with van der Waals surface area (Å²) in [5, 5.41) is 11.4. The van der Waals surface area contributed by atoms with Crippen LogP contribution in [0.15, 0.2) is 4.99 Å². The molecule has 6 nitrogen and oxygen atoms in total. The Kier molecular flexibility index (Phi) is 8.97. The van der Waals surface area contributed by atoms with Gasteiger partial charge in [0.2, 0.25) is 0 Å². The molecule has 1 aromatic rings. The van der Waals surface area contributed by atoms with Crippen LogP contribution in [0.25, 0.3) is 0 Å². The molecule has 0 bridgehead atoms. The number of nitrogens with zero attached hydrogens (tertiary/aromatic N) is 3. The Morgan fingerprint density at radius 3 is 2.44 bits per heavy atom. The van der Waals surface area contributed by atoms with Crippen molar-refractivity contribution in [2.45, 2.75) is 66.5 Å². The maximum absolute atomic E-state index is 5.80. The zero-order valence-electron chi connectivity index (χ0n) is 17.3. The van der Waals surface area contributed by atoms with Gasteiger partial charge in [-0.1, -0.05) is 13.8 Å². The number of aryl methyl sites for hydroxylation is 2. The molecule has 2 unspecified atom stereocenters. The molecular weight excluding hydrogens is 314 g/mol. The van der Waals surface area contributed by atoms with Crippen LogP contribution in [0, 0.1) is 19.8 Å². The van der Waals surface area contributed by atoms with E-state index in [1.54, 1.807) is 0 Å². The molecule has 0 amide bonds. The summed E-state index contributed by atoms with van der Waals surface area (Å²) in [5.41, 5.74) is 3.65. The van der Waals surface area contributed by atoms with Gasteiger partial charge in [-0.05, 0) is 52.0 Å². The minimum absolute atomic E-state index is 0.278. The monoisotopic (exact) mass is 351 g/mol. The number of hydrogen-bond acceptors (Lipinski definition) is 3. The molecule has 2 atom stereocenters. The fourth-order valence-corrected chi connectivity index (χ4v) is 3.05. The van der Waals surface area contributed by atoms with Crippen LogP contribution in [0.2, 0.25) is 0 Å². The fraction of sp³-hybridized carbons (Fsp3) is 0.789. The average molecular weight is 352 g/mol. The lowest BCUT2D eigenvalue weighted by Crippen LogP contribution is -2.44. The molecule has 0 spiro atoms. The van der Waals surface area contributed by atoms with E-state index in [0.717, 1.165) is 37.6 Å². The van der Waals surface area contributed by atoms with E-state index < -0.39 is 0 Å². The molecule has 144 valence electrons. The van der Waals surface area contributed by atoms with Gasteiger partial charge in [0.25, 0.3) is 0 Å². The molecule has 0 aliphatic carbocycles. The lowest BCUT2D eigenvalue weighted by molar-refractivity contribution is 0.0258. The largest absolute Gasteiger partial charge is 0.378 e. The topological polar surface area (TPSA) is 63.5 Å². The molecular formula is C19H37N5O. The maximum Gasteiger partial charge on any atom is 0.191 e. The van der Waals surface area contributed by atoms with Crippen LogP contribution in [0.4, 0.5) is 0 Å². The van der Waals surface area contributed by atoms with E-state index in [9.17, 15) is 0 Å². The minimum Gasteiger partial charge on any atom is -0.378 e. The van der Waals surface area contributed by atoms with Gasteiger partial charge in [-0.2, -0.15) is 5.10 Å². The molecule has 0 aliphatic rings. The second kappa shape index (κ2) is 10.4. The first-order chi connectivity index (χ1) is 11.8. The van der Waals surface area contributed by atoms with Gasteiger partial charge in [0.05, 0.1) is 11.8 Å². The SMILES string of the molecule is CCOC(CCNC(=NC)NC(C)Cc1c(C)nn(C)c1C)C(C)C. The van der Waals surface area contributed by atoms with Crippen molar-refractivity contribution in [3.63, 3.8) is 0 Å². The molecule has 25 heavy (non-hydrogen) atoms. The quantitative estimate of drug-likeness (QED) is 0.530. The van der Waals surface area contributed by atoms with E-state index in [4.69, 9.17) is 4.74 Å². The molecule has 2 N–H and O–H groups in total. The second-order valence-electron chi connectivity index (χ2n) is 7.05. The number of guanidine groups is 1. The Labute approximate surface area is 153 Å². The lowest BCUT2D eigenvalue weighted by Gasteiger charge is -2.22. The number of aromatic nitrogens is 2. The van der Waals surface area contributed by atoms with Crippen molar-refractivity contribution in [2.24, 2.45) is 18.0 Å². The van der Waals surface area contributed by atoms with Crippen molar-refractivity contribution in [3.8, 4) is 0 Å². The molecule has 0 fully saturated rings. The van der Waals surface area contributed by atoms with Crippen LogP contribution >= 0.6 is 0 Å². The van der Waals surface area contributed by atoms with Crippen LogP contribution in [0.1, 0.15) is 51.1 Å². The molecule has 0 aliphatic heterocycles. The van der Waals surface area contributed by atoms with Crippen molar-refractivity contribution in [1.82, 2.24) is 20.4 Å². The highest BCUT2D eigenvalue weighted by molar-refractivity contribution is 5.79. The summed E-state index contributed by atoms with van der Waals surface area (Å²) in [4.78, 5) is 4.34. The first-order valence-electron chi connectivity index (χ1n) is 9.37. The third kappa shape index (κ3) is 6.69. The van der Waals surface area contributed by atoms with Crippen molar-refractivity contribution >= 4 is 5.96 Å². The third-order valence-electron chi connectivity index (χ3n) is 4.62. The number of rotatable bonds is 9. The van der Waals surface area contributed by atoms with E-state index in [-0.39, 0.29) is 12.1 Å². The van der Waals surface area contributed by atoms with Crippen LogP contribution in [-0.4, -0.2) is 48.1 Å². The highest BCUT2D eigenvalue weighted by Gasteiger charge is 2.15. The van der Waals surface area contributed by atoms with E-state index in [1.807, 2.05) is 25.7 Å². The summed E-state index contributed by atoms with van der Waals surface area (Å²) in [6.45, 7) is 14.4. The van der Waals surface area contributed by atoms with Gasteiger partial charge < -0.3 is 15.4 Å². The summed E-state index contributed by atoms with van der Waals surface area (Å²) in [6, 6.07) is 0.278. The van der Waals surface area contributed by atoms with Gasteiger partial charge in [0.15, 0.2) is 5.96 Å². The molecule has 0 saturated carbocycles. The second-order valence-corrected chi connectivity index (χ2v) is 7.05. The Morgan fingerprint density at radius 1 is 1.28 bits per heavy atom. The molecule has 0 radical (unpaired) electrons. The number of ether oxygens (including phenoxy) is 1. The Bertz CT molecular complexity index is 550. The van der Waals surface area contributed by atoms with Crippen molar-refractivity contribution in [2.75, 3.05) is 20.2 Å². The fourth-order valence-electron chi connectivity index (χ4n) is 3.05. The van der Waals surface area contributed by atoms with Gasteiger partial charge in [0.1, 0.15) is 0 Å². The van der Waals surface area contributed by atoms with Gasteiger partial charge in [-0.3, -0.25) is 9.67 Å². The zero-order valence-corrected chi connectivity index (χ0v) is 17.3. The number of aliphatic imine (C=N–C) groups is 1. The first-order valence-corrected chi connectivity index (χ1v) is 9.37. The van der Waals surface area contributed by atoms with E-state index in [2.05, 4.69) is 55.3 Å². The van der Waals surface area contributed by atoms with Gasteiger partial charge >= 0.3 is 0 Å². The highest BCUT2D eigenvalue weighted by Crippen LogP contribution is 2.14. The summed E-state index contributed by atoms with van der Waals surface area (Å²) in [7, 11) is 3.80. The maximum atomic E-state index is 5.80. The molecule has 1 rings (SSSR count). The normalized spacial score (nSPS) is 14.7. The first kappa shape index (κ1) is 21.5. The summed E-state index contributed by atoms with van der Waals surface area (Å²) in [6.07, 6.45) is 2.19. The minimum atomic E-state index is 0.278. The van der Waals surface area contributed by atoms with Crippen LogP contribution in [0.3, 0.4) is 0 Å². The smallest absolute Gasteiger partial charge is 0.191 e. The lowest BCUT2D eigenvalue weighted by atomic mass is 10.0. The van der Waals surface area contributed by atoms with Crippen molar-refractivity contribution < 1.29 is 4.74 Å². The summed E-state index contributed by atoms with van der Waals surface area (Å²) < 4.78 is 7.75. The predicted molar refractivity (Wildman–Crippen MR) is 105 cm³/mol. The average Bonchev–Trinajstić information content (AvgIpc) is 2.79. The third-order valence-corrected chi connectivity index (χ3v) is 4.62. The Balaban J connectivity index is 2.50. The Hall–Kier alpha value is -1.56. The van der Waals surface area contributed by atoms with Crippen molar-refractivity contribution in [1.29, 1.82) is 0 Å².